The third kappa shape index (κ3) is 6.91. The number of thiazole rings is 1. The van der Waals surface area contributed by atoms with Crippen LogP contribution in [-0.4, -0.2) is 35.8 Å². The number of amides is 2. The van der Waals surface area contributed by atoms with Gasteiger partial charge in [0, 0.05) is 25.7 Å². The van der Waals surface area contributed by atoms with Gasteiger partial charge in [-0.25, -0.2) is 9.78 Å². The van der Waals surface area contributed by atoms with Crippen molar-refractivity contribution in [3.8, 4) is 0 Å². The molecule has 0 radical (unpaired) electrons. The Labute approximate surface area is 193 Å². The van der Waals surface area contributed by atoms with Crippen LogP contribution in [0.5, 0.6) is 0 Å². The van der Waals surface area contributed by atoms with Gasteiger partial charge in [0.1, 0.15) is 10.6 Å². The van der Waals surface area contributed by atoms with Crippen molar-refractivity contribution >= 4 is 28.3 Å². The van der Waals surface area contributed by atoms with Crippen molar-refractivity contribution in [2.24, 2.45) is 0 Å². The highest BCUT2D eigenvalue weighted by atomic mass is 32.1. The van der Waals surface area contributed by atoms with Crippen LogP contribution in [0.1, 0.15) is 66.2 Å². The highest BCUT2D eigenvalue weighted by Crippen LogP contribution is 2.35. The minimum Gasteiger partial charge on any atom is -0.444 e. The lowest BCUT2D eigenvalue weighted by atomic mass is 10.0. The number of carbonyl (C=O) groups is 2. The molecule has 1 saturated heterocycles. The lowest BCUT2D eigenvalue weighted by Crippen LogP contribution is -2.29. The SMILES string of the molecule is CC(C)(C)OC(=O)Nc1sc(C2CCOCC2)nc1C(=O)NCc1ccccc1C(F)(F)F. The number of benzene rings is 1. The van der Waals surface area contributed by atoms with Crippen LogP contribution in [-0.2, 0) is 22.2 Å². The number of nitrogens with zero attached hydrogens (tertiary/aromatic N) is 1. The molecule has 0 saturated carbocycles. The van der Waals surface area contributed by atoms with E-state index in [1.807, 2.05) is 0 Å². The molecule has 2 amide bonds. The second-order valence-corrected chi connectivity index (χ2v) is 9.61. The molecule has 0 atom stereocenters. The minimum atomic E-state index is -4.54. The van der Waals surface area contributed by atoms with Crippen LogP contribution < -0.4 is 10.6 Å². The molecule has 1 aliphatic heterocycles. The number of alkyl halides is 3. The summed E-state index contributed by atoms with van der Waals surface area (Å²) < 4.78 is 50.4. The zero-order valence-electron chi connectivity index (χ0n) is 18.5. The van der Waals surface area contributed by atoms with E-state index in [0.717, 1.165) is 30.2 Å². The third-order valence-electron chi connectivity index (χ3n) is 4.81. The number of aromatic nitrogens is 1. The molecule has 3 rings (SSSR count). The molecule has 11 heteroatoms. The smallest absolute Gasteiger partial charge is 0.416 e. The van der Waals surface area contributed by atoms with Gasteiger partial charge in [0.05, 0.1) is 10.6 Å². The molecule has 0 unspecified atom stereocenters. The van der Waals surface area contributed by atoms with E-state index >= 15 is 0 Å². The molecule has 7 nitrogen and oxygen atoms in total. The molecule has 2 aromatic rings. The Bertz CT molecular complexity index is 996. The summed E-state index contributed by atoms with van der Waals surface area (Å²) >= 11 is 1.16. The molecule has 2 heterocycles. The summed E-state index contributed by atoms with van der Waals surface area (Å²) in [5.74, 6) is -0.622. The van der Waals surface area contributed by atoms with Gasteiger partial charge < -0.3 is 14.8 Å². The molecule has 1 fully saturated rings. The van der Waals surface area contributed by atoms with Crippen molar-refractivity contribution < 1.29 is 32.2 Å². The second-order valence-electron chi connectivity index (χ2n) is 8.58. The third-order valence-corrected chi connectivity index (χ3v) is 5.94. The Balaban J connectivity index is 1.81. The number of hydrogen-bond donors (Lipinski definition) is 2. The largest absolute Gasteiger partial charge is 0.444 e. The highest BCUT2D eigenvalue weighted by Gasteiger charge is 2.33. The predicted octanol–water partition coefficient (Wildman–Crippen LogP) is 5.33. The van der Waals surface area contributed by atoms with Crippen LogP contribution in [0.3, 0.4) is 0 Å². The van der Waals surface area contributed by atoms with Crippen LogP contribution in [0.4, 0.5) is 23.0 Å². The molecule has 1 aliphatic rings. The molecule has 1 aromatic carbocycles. The number of rotatable bonds is 5. The average Bonchev–Trinajstić information content (AvgIpc) is 3.14. The molecule has 0 spiro atoms. The molecule has 0 bridgehead atoms. The van der Waals surface area contributed by atoms with Gasteiger partial charge in [-0.2, -0.15) is 13.2 Å². The molecule has 180 valence electrons. The number of carbonyl (C=O) groups excluding carboxylic acids is 2. The first-order valence-electron chi connectivity index (χ1n) is 10.5. The first-order chi connectivity index (χ1) is 15.4. The lowest BCUT2D eigenvalue weighted by molar-refractivity contribution is -0.138. The maximum Gasteiger partial charge on any atom is 0.416 e. The number of halogens is 3. The number of nitrogens with one attached hydrogen (secondary N) is 2. The van der Waals surface area contributed by atoms with E-state index in [0.29, 0.717) is 18.2 Å². The van der Waals surface area contributed by atoms with E-state index in [1.54, 1.807) is 20.8 Å². The molecule has 1 aromatic heterocycles. The topological polar surface area (TPSA) is 89.6 Å². The van der Waals surface area contributed by atoms with Crippen molar-refractivity contribution in [2.75, 3.05) is 18.5 Å². The summed E-state index contributed by atoms with van der Waals surface area (Å²) in [7, 11) is 0. The summed E-state index contributed by atoms with van der Waals surface area (Å²) in [6.07, 6.45) is -3.85. The second kappa shape index (κ2) is 10.1. The molecule has 33 heavy (non-hydrogen) atoms. The Morgan fingerprint density at radius 3 is 2.48 bits per heavy atom. The fourth-order valence-corrected chi connectivity index (χ4v) is 4.42. The van der Waals surface area contributed by atoms with Gasteiger partial charge in [-0.05, 0) is 45.2 Å². The Morgan fingerprint density at radius 2 is 1.85 bits per heavy atom. The minimum absolute atomic E-state index is 0.0585. The van der Waals surface area contributed by atoms with Crippen LogP contribution >= 0.6 is 11.3 Å². The molecular weight excluding hydrogens is 459 g/mol. The van der Waals surface area contributed by atoms with Gasteiger partial charge in [0.2, 0.25) is 0 Å². The van der Waals surface area contributed by atoms with Gasteiger partial charge in [0.15, 0.2) is 5.69 Å². The number of ether oxygens (including phenoxy) is 2. The average molecular weight is 486 g/mol. The maximum atomic E-state index is 13.3. The summed E-state index contributed by atoms with van der Waals surface area (Å²) in [5, 5.41) is 5.90. The van der Waals surface area contributed by atoms with E-state index in [9.17, 15) is 22.8 Å². The maximum absolute atomic E-state index is 13.3. The standard InChI is InChI=1S/C22H26F3N3O4S/c1-21(2,3)32-20(30)28-19-16(27-18(33-19)13-8-10-31-11-9-13)17(29)26-12-14-6-4-5-7-15(14)22(23,24)25/h4-7,13H,8-12H2,1-3H3,(H,26,29)(H,28,30). The zero-order chi connectivity index (χ0) is 24.2. The van der Waals surface area contributed by atoms with Crippen molar-refractivity contribution in [1.29, 1.82) is 0 Å². The van der Waals surface area contributed by atoms with Crippen molar-refractivity contribution in [3.05, 3.63) is 46.1 Å². The lowest BCUT2D eigenvalue weighted by Gasteiger charge is -2.20. The van der Waals surface area contributed by atoms with Crippen LogP contribution in [0, 0.1) is 0 Å². The summed E-state index contributed by atoms with van der Waals surface area (Å²) in [6, 6.07) is 5.02. The fourth-order valence-electron chi connectivity index (χ4n) is 3.30. The van der Waals surface area contributed by atoms with Crippen molar-refractivity contribution in [2.45, 2.75) is 57.9 Å². The quantitative estimate of drug-likeness (QED) is 0.597. The van der Waals surface area contributed by atoms with E-state index in [2.05, 4.69) is 15.6 Å². The highest BCUT2D eigenvalue weighted by molar-refractivity contribution is 7.16. The van der Waals surface area contributed by atoms with Crippen molar-refractivity contribution in [3.63, 3.8) is 0 Å². The number of anilines is 1. The predicted molar refractivity (Wildman–Crippen MR) is 117 cm³/mol. The number of hydrogen-bond acceptors (Lipinski definition) is 6. The fraction of sp³-hybridized carbons (Fsp3) is 0.500. The van der Waals surface area contributed by atoms with E-state index in [-0.39, 0.29) is 28.7 Å². The van der Waals surface area contributed by atoms with Crippen LogP contribution in [0.25, 0.3) is 0 Å². The first-order valence-corrected chi connectivity index (χ1v) is 11.3. The van der Waals surface area contributed by atoms with Gasteiger partial charge in [-0.1, -0.05) is 18.2 Å². The van der Waals surface area contributed by atoms with Gasteiger partial charge >= 0.3 is 12.3 Å². The van der Waals surface area contributed by atoms with Gasteiger partial charge in [-0.15, -0.1) is 11.3 Å². The normalized spacial score (nSPS) is 15.2. The summed E-state index contributed by atoms with van der Waals surface area (Å²) in [6.45, 7) is 5.91. The molecular formula is C22H26F3N3O4S. The Morgan fingerprint density at radius 1 is 1.18 bits per heavy atom. The van der Waals surface area contributed by atoms with E-state index < -0.39 is 29.3 Å². The molecule has 0 aliphatic carbocycles. The van der Waals surface area contributed by atoms with Crippen molar-refractivity contribution in [1.82, 2.24) is 10.3 Å². The summed E-state index contributed by atoms with van der Waals surface area (Å²) in [5.41, 5.74) is -1.70. The van der Waals surface area contributed by atoms with Crippen LogP contribution in [0.2, 0.25) is 0 Å². The monoisotopic (exact) mass is 485 g/mol. The first kappa shape index (κ1) is 25.0. The zero-order valence-corrected chi connectivity index (χ0v) is 19.4. The molecule has 2 N–H and O–H groups in total. The van der Waals surface area contributed by atoms with Crippen LogP contribution in [0.15, 0.2) is 24.3 Å². The van der Waals surface area contributed by atoms with Gasteiger partial charge in [0.25, 0.3) is 5.91 Å². The van der Waals surface area contributed by atoms with E-state index in [1.165, 1.54) is 18.2 Å². The van der Waals surface area contributed by atoms with Gasteiger partial charge in [-0.3, -0.25) is 10.1 Å². The van der Waals surface area contributed by atoms with E-state index in [4.69, 9.17) is 9.47 Å². The Kier molecular flexibility index (Phi) is 7.63. The summed E-state index contributed by atoms with van der Waals surface area (Å²) in [4.78, 5) is 29.6. The Hall–Kier alpha value is -2.66.